The van der Waals surface area contributed by atoms with Crippen molar-refractivity contribution in [2.24, 2.45) is 5.92 Å². The Hall–Kier alpha value is -1.84. The number of amides is 2. The maximum atomic E-state index is 12.2. The minimum absolute atomic E-state index is 0.0147. The smallest absolute Gasteiger partial charge is 0.253 e. The number of anilines is 1. The predicted molar refractivity (Wildman–Crippen MR) is 84.3 cm³/mol. The molecule has 4 nitrogen and oxygen atoms in total. The van der Waals surface area contributed by atoms with Crippen molar-refractivity contribution in [3.63, 3.8) is 0 Å². The number of benzene rings is 1. The number of hydrogen-bond acceptors (Lipinski definition) is 2. The van der Waals surface area contributed by atoms with Gasteiger partial charge in [-0.1, -0.05) is 20.3 Å². The summed E-state index contributed by atoms with van der Waals surface area (Å²) in [5, 5.41) is 2.90. The van der Waals surface area contributed by atoms with Crippen LogP contribution in [-0.4, -0.2) is 29.8 Å². The Labute approximate surface area is 126 Å². The van der Waals surface area contributed by atoms with Crippen molar-refractivity contribution in [1.82, 2.24) is 4.90 Å². The summed E-state index contributed by atoms with van der Waals surface area (Å²) in [6, 6.07) is 7.20. The summed E-state index contributed by atoms with van der Waals surface area (Å²) in [7, 11) is 0. The summed E-state index contributed by atoms with van der Waals surface area (Å²) >= 11 is 0. The molecule has 2 amide bonds. The van der Waals surface area contributed by atoms with Crippen molar-refractivity contribution < 1.29 is 9.59 Å². The number of carbonyl (C=O) groups is 2. The molecule has 0 unspecified atom stereocenters. The second kappa shape index (κ2) is 7.25. The first-order valence-corrected chi connectivity index (χ1v) is 7.82. The fourth-order valence-electron chi connectivity index (χ4n) is 2.63. The molecule has 0 spiro atoms. The molecule has 0 aliphatic carbocycles. The van der Waals surface area contributed by atoms with Gasteiger partial charge < -0.3 is 10.2 Å². The van der Waals surface area contributed by atoms with E-state index in [0.717, 1.165) is 44.5 Å². The van der Waals surface area contributed by atoms with E-state index in [2.05, 4.69) is 12.2 Å². The summed E-state index contributed by atoms with van der Waals surface area (Å²) in [5.74, 6) is 0.140. The lowest BCUT2D eigenvalue weighted by Gasteiger charge is -2.15. The molecule has 0 bridgehead atoms. The lowest BCUT2D eigenvalue weighted by atomic mass is 10.1. The predicted octanol–water partition coefficient (Wildman–Crippen LogP) is 3.30. The van der Waals surface area contributed by atoms with Gasteiger partial charge >= 0.3 is 0 Å². The summed E-state index contributed by atoms with van der Waals surface area (Å²) in [5.41, 5.74) is 1.44. The first kappa shape index (κ1) is 15.5. The van der Waals surface area contributed by atoms with E-state index >= 15 is 0 Å². The standard InChI is InChI=1S/C17H24N2O2/c1-3-6-13(2)16(20)18-15-9-7-14(8-10-15)17(21)19-11-4-5-12-19/h7-10,13H,3-6,11-12H2,1-2H3,(H,18,20)/t13-/m0/s1. The number of hydrogen-bond donors (Lipinski definition) is 1. The monoisotopic (exact) mass is 288 g/mol. The van der Waals surface area contributed by atoms with Gasteiger partial charge in [0, 0.05) is 30.3 Å². The van der Waals surface area contributed by atoms with E-state index in [1.54, 1.807) is 24.3 Å². The largest absolute Gasteiger partial charge is 0.339 e. The molecular formula is C17H24N2O2. The summed E-state index contributed by atoms with van der Waals surface area (Å²) in [6.07, 6.45) is 4.07. The number of likely N-dealkylation sites (tertiary alicyclic amines) is 1. The Balaban J connectivity index is 1.95. The van der Waals surface area contributed by atoms with Gasteiger partial charge in [-0.3, -0.25) is 9.59 Å². The minimum atomic E-state index is 0.0147. The summed E-state index contributed by atoms with van der Waals surface area (Å²) < 4.78 is 0. The van der Waals surface area contributed by atoms with Gasteiger partial charge in [-0.2, -0.15) is 0 Å². The Kier molecular flexibility index (Phi) is 5.37. The van der Waals surface area contributed by atoms with Gasteiger partial charge in [-0.25, -0.2) is 0 Å². The third kappa shape index (κ3) is 4.06. The van der Waals surface area contributed by atoms with E-state index < -0.39 is 0 Å². The van der Waals surface area contributed by atoms with Crippen LogP contribution in [0.5, 0.6) is 0 Å². The Morgan fingerprint density at radius 2 is 1.81 bits per heavy atom. The van der Waals surface area contributed by atoms with Crippen molar-refractivity contribution in [3.8, 4) is 0 Å². The van der Waals surface area contributed by atoms with Gasteiger partial charge in [0.1, 0.15) is 0 Å². The highest BCUT2D eigenvalue weighted by atomic mass is 16.2. The molecule has 1 aliphatic heterocycles. The van der Waals surface area contributed by atoms with E-state index in [0.29, 0.717) is 5.56 Å². The second-order valence-electron chi connectivity index (χ2n) is 5.76. The lowest BCUT2D eigenvalue weighted by Crippen LogP contribution is -2.27. The first-order chi connectivity index (χ1) is 10.1. The quantitative estimate of drug-likeness (QED) is 0.903. The van der Waals surface area contributed by atoms with Crippen LogP contribution in [0.25, 0.3) is 0 Å². The van der Waals surface area contributed by atoms with Crippen LogP contribution in [0.1, 0.15) is 49.9 Å². The molecule has 1 heterocycles. The Morgan fingerprint density at radius 1 is 1.19 bits per heavy atom. The third-order valence-corrected chi connectivity index (χ3v) is 3.96. The van der Waals surface area contributed by atoms with Crippen molar-refractivity contribution in [3.05, 3.63) is 29.8 Å². The third-order valence-electron chi connectivity index (χ3n) is 3.96. The SMILES string of the molecule is CCC[C@H](C)C(=O)Nc1ccc(C(=O)N2CCCC2)cc1. The zero-order chi connectivity index (χ0) is 15.2. The highest BCUT2D eigenvalue weighted by molar-refractivity contribution is 5.96. The van der Waals surface area contributed by atoms with Crippen LogP contribution in [0, 0.1) is 5.92 Å². The van der Waals surface area contributed by atoms with Gasteiger partial charge in [0.25, 0.3) is 5.91 Å². The topological polar surface area (TPSA) is 49.4 Å². The van der Waals surface area contributed by atoms with Crippen molar-refractivity contribution in [2.75, 3.05) is 18.4 Å². The number of nitrogens with one attached hydrogen (secondary N) is 1. The average Bonchev–Trinajstić information content (AvgIpc) is 3.01. The van der Waals surface area contributed by atoms with Crippen molar-refractivity contribution >= 4 is 17.5 Å². The lowest BCUT2D eigenvalue weighted by molar-refractivity contribution is -0.119. The fourth-order valence-corrected chi connectivity index (χ4v) is 2.63. The number of rotatable bonds is 5. The van der Waals surface area contributed by atoms with E-state index in [1.807, 2.05) is 11.8 Å². The van der Waals surface area contributed by atoms with Gasteiger partial charge in [0.05, 0.1) is 0 Å². The van der Waals surface area contributed by atoms with Crippen LogP contribution in [0.15, 0.2) is 24.3 Å². The molecule has 0 aromatic heterocycles. The van der Waals surface area contributed by atoms with E-state index in [1.165, 1.54) is 0 Å². The van der Waals surface area contributed by atoms with Crippen LogP contribution < -0.4 is 5.32 Å². The van der Waals surface area contributed by atoms with Crippen LogP contribution in [-0.2, 0) is 4.79 Å². The molecule has 1 atom stereocenters. The highest BCUT2D eigenvalue weighted by Gasteiger charge is 2.19. The molecule has 2 rings (SSSR count). The maximum absolute atomic E-state index is 12.2. The minimum Gasteiger partial charge on any atom is -0.339 e. The molecule has 1 aliphatic rings. The molecule has 1 N–H and O–H groups in total. The van der Waals surface area contributed by atoms with Gasteiger partial charge in [-0.15, -0.1) is 0 Å². The zero-order valence-electron chi connectivity index (χ0n) is 12.9. The summed E-state index contributed by atoms with van der Waals surface area (Å²) in [6.45, 7) is 5.71. The number of carbonyl (C=O) groups excluding carboxylic acids is 2. The molecule has 1 aromatic carbocycles. The van der Waals surface area contributed by atoms with E-state index in [4.69, 9.17) is 0 Å². The molecule has 0 radical (unpaired) electrons. The summed E-state index contributed by atoms with van der Waals surface area (Å²) in [4.78, 5) is 26.0. The van der Waals surface area contributed by atoms with E-state index in [9.17, 15) is 9.59 Å². The number of nitrogens with zero attached hydrogens (tertiary/aromatic N) is 1. The molecule has 0 saturated carbocycles. The Bertz CT molecular complexity index is 490. The molecule has 4 heteroatoms. The Morgan fingerprint density at radius 3 is 2.38 bits per heavy atom. The molecule has 1 aromatic rings. The molecule has 1 saturated heterocycles. The van der Waals surface area contributed by atoms with Gasteiger partial charge in [-0.05, 0) is 43.5 Å². The fraction of sp³-hybridized carbons (Fsp3) is 0.529. The van der Waals surface area contributed by atoms with Crippen LogP contribution in [0.2, 0.25) is 0 Å². The molecule has 1 fully saturated rings. The zero-order valence-corrected chi connectivity index (χ0v) is 12.9. The second-order valence-corrected chi connectivity index (χ2v) is 5.76. The molecule has 21 heavy (non-hydrogen) atoms. The van der Waals surface area contributed by atoms with Crippen molar-refractivity contribution in [2.45, 2.75) is 39.5 Å². The van der Waals surface area contributed by atoms with E-state index in [-0.39, 0.29) is 17.7 Å². The van der Waals surface area contributed by atoms with Crippen LogP contribution in [0.4, 0.5) is 5.69 Å². The van der Waals surface area contributed by atoms with Crippen molar-refractivity contribution in [1.29, 1.82) is 0 Å². The molecular weight excluding hydrogens is 264 g/mol. The van der Waals surface area contributed by atoms with Gasteiger partial charge in [0.15, 0.2) is 0 Å². The maximum Gasteiger partial charge on any atom is 0.253 e. The van der Waals surface area contributed by atoms with Gasteiger partial charge in [0.2, 0.25) is 5.91 Å². The highest BCUT2D eigenvalue weighted by Crippen LogP contribution is 2.16. The average molecular weight is 288 g/mol. The first-order valence-electron chi connectivity index (χ1n) is 7.82. The van der Waals surface area contributed by atoms with Crippen LogP contribution in [0.3, 0.4) is 0 Å². The molecule has 114 valence electrons. The van der Waals surface area contributed by atoms with Crippen LogP contribution >= 0.6 is 0 Å². The normalized spacial score (nSPS) is 15.8.